The van der Waals surface area contributed by atoms with Crippen molar-refractivity contribution in [2.45, 2.75) is 39.2 Å². The molecule has 0 atom stereocenters. The van der Waals surface area contributed by atoms with E-state index in [4.69, 9.17) is 0 Å². The van der Waals surface area contributed by atoms with Gasteiger partial charge in [0.05, 0.1) is 4.92 Å². The molecule has 0 aromatic heterocycles. The van der Waals surface area contributed by atoms with Crippen molar-refractivity contribution >= 4 is 17.3 Å². The molecule has 0 saturated heterocycles. The number of hydrogen-bond donors (Lipinski definition) is 2. The summed E-state index contributed by atoms with van der Waals surface area (Å²) in [5.41, 5.74) is 0.770. The summed E-state index contributed by atoms with van der Waals surface area (Å²) >= 11 is 0. The average Bonchev–Trinajstić information content (AvgIpc) is 3.22. The highest BCUT2D eigenvalue weighted by Gasteiger charge is 2.25. The number of hydrogen-bond acceptors (Lipinski definition) is 4. The Balaban J connectivity index is 2.07. The Kier molecular flexibility index (Phi) is 4.77. The SMILES string of the molecule is CC(C)CCNC(=O)c1ccc(NC2CC2)c([N+](=O)[O-])c1. The average molecular weight is 291 g/mol. The van der Waals surface area contributed by atoms with Gasteiger partial charge in [0.2, 0.25) is 0 Å². The van der Waals surface area contributed by atoms with Crippen LogP contribution < -0.4 is 10.6 Å². The lowest BCUT2D eigenvalue weighted by atomic mass is 10.1. The van der Waals surface area contributed by atoms with Crippen LogP contribution >= 0.6 is 0 Å². The smallest absolute Gasteiger partial charge is 0.293 e. The lowest BCUT2D eigenvalue weighted by Crippen LogP contribution is -2.25. The van der Waals surface area contributed by atoms with E-state index in [1.807, 2.05) is 0 Å². The first kappa shape index (κ1) is 15.3. The van der Waals surface area contributed by atoms with Crippen LogP contribution in [0.25, 0.3) is 0 Å². The molecule has 0 unspecified atom stereocenters. The quantitative estimate of drug-likeness (QED) is 0.597. The van der Waals surface area contributed by atoms with Gasteiger partial charge in [-0.1, -0.05) is 13.8 Å². The third kappa shape index (κ3) is 4.44. The molecule has 114 valence electrons. The molecule has 0 bridgehead atoms. The van der Waals surface area contributed by atoms with E-state index in [9.17, 15) is 14.9 Å². The second-order valence-corrected chi connectivity index (χ2v) is 5.85. The number of nitrogens with zero attached hydrogens (tertiary/aromatic N) is 1. The molecule has 21 heavy (non-hydrogen) atoms. The first-order valence-corrected chi connectivity index (χ1v) is 7.30. The van der Waals surface area contributed by atoms with E-state index in [-0.39, 0.29) is 11.6 Å². The van der Waals surface area contributed by atoms with Gasteiger partial charge in [0.25, 0.3) is 11.6 Å². The highest BCUT2D eigenvalue weighted by molar-refractivity contribution is 5.95. The minimum atomic E-state index is -0.449. The van der Waals surface area contributed by atoms with Crippen molar-refractivity contribution in [3.05, 3.63) is 33.9 Å². The fraction of sp³-hybridized carbons (Fsp3) is 0.533. The molecule has 1 aliphatic rings. The number of rotatable bonds is 7. The lowest BCUT2D eigenvalue weighted by Gasteiger charge is -2.09. The Bertz CT molecular complexity index is 539. The first-order chi connectivity index (χ1) is 9.97. The van der Waals surface area contributed by atoms with E-state index < -0.39 is 4.92 Å². The van der Waals surface area contributed by atoms with Crippen LogP contribution in [0.4, 0.5) is 11.4 Å². The van der Waals surface area contributed by atoms with Gasteiger partial charge in [0, 0.05) is 24.2 Å². The fourth-order valence-electron chi connectivity index (χ4n) is 1.97. The first-order valence-electron chi connectivity index (χ1n) is 7.30. The fourth-order valence-corrected chi connectivity index (χ4v) is 1.97. The number of anilines is 1. The second kappa shape index (κ2) is 6.56. The summed E-state index contributed by atoms with van der Waals surface area (Å²) in [4.78, 5) is 22.7. The molecule has 1 amide bonds. The molecule has 1 saturated carbocycles. The molecule has 1 aromatic rings. The van der Waals surface area contributed by atoms with Crippen molar-refractivity contribution in [3.63, 3.8) is 0 Å². The number of benzene rings is 1. The molecule has 0 aliphatic heterocycles. The minimum Gasteiger partial charge on any atom is -0.377 e. The zero-order valence-corrected chi connectivity index (χ0v) is 12.4. The Morgan fingerprint density at radius 3 is 2.71 bits per heavy atom. The predicted molar refractivity (Wildman–Crippen MR) is 81.5 cm³/mol. The van der Waals surface area contributed by atoms with Crippen molar-refractivity contribution in [1.82, 2.24) is 5.32 Å². The van der Waals surface area contributed by atoms with Gasteiger partial charge in [-0.3, -0.25) is 14.9 Å². The van der Waals surface area contributed by atoms with E-state index in [2.05, 4.69) is 24.5 Å². The molecule has 2 rings (SSSR count). The Hall–Kier alpha value is -2.11. The molecule has 6 heteroatoms. The van der Waals surface area contributed by atoms with E-state index >= 15 is 0 Å². The molecular formula is C15H21N3O3. The summed E-state index contributed by atoms with van der Waals surface area (Å²) in [6.07, 6.45) is 2.96. The maximum Gasteiger partial charge on any atom is 0.293 e. The summed E-state index contributed by atoms with van der Waals surface area (Å²) in [6, 6.07) is 4.92. The number of nitro benzene ring substituents is 1. The van der Waals surface area contributed by atoms with Gasteiger partial charge in [-0.25, -0.2) is 0 Å². The second-order valence-electron chi connectivity index (χ2n) is 5.85. The number of carbonyl (C=O) groups is 1. The molecule has 2 N–H and O–H groups in total. The normalized spacial score (nSPS) is 14.0. The van der Waals surface area contributed by atoms with Crippen molar-refractivity contribution in [2.24, 2.45) is 5.92 Å². The van der Waals surface area contributed by atoms with Crippen LogP contribution in [0, 0.1) is 16.0 Å². The van der Waals surface area contributed by atoms with Gasteiger partial charge in [-0.05, 0) is 37.3 Å². The molecule has 6 nitrogen and oxygen atoms in total. The van der Waals surface area contributed by atoms with Crippen molar-refractivity contribution in [3.8, 4) is 0 Å². The number of amides is 1. The van der Waals surface area contributed by atoms with Gasteiger partial charge in [-0.15, -0.1) is 0 Å². The van der Waals surface area contributed by atoms with Gasteiger partial charge in [0.1, 0.15) is 5.69 Å². The van der Waals surface area contributed by atoms with E-state index in [0.717, 1.165) is 19.3 Å². The Labute approximate surface area is 124 Å². The zero-order chi connectivity index (χ0) is 15.4. The zero-order valence-electron chi connectivity index (χ0n) is 12.4. The van der Waals surface area contributed by atoms with Gasteiger partial charge >= 0.3 is 0 Å². The largest absolute Gasteiger partial charge is 0.377 e. The van der Waals surface area contributed by atoms with E-state index in [1.165, 1.54) is 6.07 Å². The number of nitrogens with one attached hydrogen (secondary N) is 2. The number of nitro groups is 1. The third-order valence-electron chi connectivity index (χ3n) is 3.40. The van der Waals surface area contributed by atoms with Crippen LogP contribution in [-0.2, 0) is 0 Å². The maximum atomic E-state index is 12.0. The van der Waals surface area contributed by atoms with Crippen LogP contribution in [0.1, 0.15) is 43.5 Å². The van der Waals surface area contributed by atoms with Crippen molar-refractivity contribution < 1.29 is 9.72 Å². The minimum absolute atomic E-state index is 0.0431. The van der Waals surface area contributed by atoms with E-state index in [1.54, 1.807) is 12.1 Å². The predicted octanol–water partition coefficient (Wildman–Crippen LogP) is 2.95. The summed E-state index contributed by atoms with van der Waals surface area (Å²) in [6.45, 7) is 4.73. The summed E-state index contributed by atoms with van der Waals surface area (Å²) in [5.74, 6) is 0.237. The van der Waals surface area contributed by atoms with Gasteiger partial charge < -0.3 is 10.6 Å². The van der Waals surface area contributed by atoms with Crippen LogP contribution in [-0.4, -0.2) is 23.4 Å². The molecule has 1 fully saturated rings. The van der Waals surface area contributed by atoms with Gasteiger partial charge in [0.15, 0.2) is 0 Å². The molecular weight excluding hydrogens is 270 g/mol. The molecule has 0 heterocycles. The highest BCUT2D eigenvalue weighted by Crippen LogP contribution is 2.31. The van der Waals surface area contributed by atoms with Crippen LogP contribution in [0.5, 0.6) is 0 Å². The van der Waals surface area contributed by atoms with Crippen molar-refractivity contribution in [2.75, 3.05) is 11.9 Å². The maximum absolute atomic E-state index is 12.0. The molecule has 0 spiro atoms. The monoisotopic (exact) mass is 291 g/mol. The number of carbonyl (C=O) groups excluding carboxylic acids is 1. The van der Waals surface area contributed by atoms with Crippen molar-refractivity contribution in [1.29, 1.82) is 0 Å². The van der Waals surface area contributed by atoms with E-state index in [0.29, 0.717) is 29.8 Å². The lowest BCUT2D eigenvalue weighted by molar-refractivity contribution is -0.384. The topological polar surface area (TPSA) is 84.3 Å². The van der Waals surface area contributed by atoms with Crippen LogP contribution in [0.2, 0.25) is 0 Å². The molecule has 1 aromatic carbocycles. The summed E-state index contributed by atoms with van der Waals surface area (Å²) in [7, 11) is 0. The summed E-state index contributed by atoms with van der Waals surface area (Å²) in [5, 5.41) is 17.0. The van der Waals surface area contributed by atoms with Crippen LogP contribution in [0.3, 0.4) is 0 Å². The molecule has 0 radical (unpaired) electrons. The standard InChI is InChI=1S/C15H21N3O3/c1-10(2)7-8-16-15(19)11-3-6-13(17-12-4-5-12)14(9-11)18(20)21/h3,6,9-10,12,17H,4-5,7-8H2,1-2H3,(H,16,19). The van der Waals surface area contributed by atoms with Crippen LogP contribution in [0.15, 0.2) is 18.2 Å². The van der Waals surface area contributed by atoms with Gasteiger partial charge in [-0.2, -0.15) is 0 Å². The highest BCUT2D eigenvalue weighted by atomic mass is 16.6. The summed E-state index contributed by atoms with van der Waals surface area (Å²) < 4.78 is 0. The molecule has 1 aliphatic carbocycles. The third-order valence-corrected chi connectivity index (χ3v) is 3.40. The Morgan fingerprint density at radius 2 is 2.14 bits per heavy atom. The Morgan fingerprint density at radius 1 is 1.43 bits per heavy atom.